The molecule has 98 valence electrons. The van der Waals surface area contributed by atoms with Crippen LogP contribution in [-0.4, -0.2) is 6.54 Å². The van der Waals surface area contributed by atoms with E-state index in [2.05, 4.69) is 15.9 Å². The van der Waals surface area contributed by atoms with Crippen LogP contribution in [0.15, 0.2) is 22.7 Å². The van der Waals surface area contributed by atoms with Crippen molar-refractivity contribution in [2.75, 3.05) is 6.54 Å². The maximum Gasteiger partial charge on any atom is 0.416 e. The van der Waals surface area contributed by atoms with Crippen LogP contribution in [0.1, 0.15) is 23.6 Å². The van der Waals surface area contributed by atoms with Crippen molar-refractivity contribution in [2.24, 2.45) is 11.5 Å². The molecular weight excluding hydrogens is 320 g/mol. The van der Waals surface area contributed by atoms with Crippen LogP contribution in [0.5, 0.6) is 0 Å². The highest BCUT2D eigenvalue weighted by molar-refractivity contribution is 9.10. The molecule has 1 rings (SSSR count). The molecule has 0 fully saturated rings. The molecule has 1 aromatic carbocycles. The molecule has 2 nitrogen and oxygen atoms in total. The molecule has 0 aliphatic heterocycles. The molecule has 0 heterocycles. The Morgan fingerprint density at radius 3 is 2.29 bits per heavy atom. The van der Waals surface area contributed by atoms with Crippen LogP contribution in [0.2, 0.25) is 0 Å². The Morgan fingerprint density at radius 2 is 1.82 bits per heavy atom. The van der Waals surface area contributed by atoms with E-state index in [0.29, 0.717) is 23.0 Å². The van der Waals surface area contributed by atoms with E-state index in [9.17, 15) is 13.2 Å². The number of benzene rings is 1. The van der Waals surface area contributed by atoms with E-state index >= 15 is 0 Å². The second-order valence-corrected chi connectivity index (χ2v) is 4.37. The van der Waals surface area contributed by atoms with Gasteiger partial charge < -0.3 is 11.5 Å². The van der Waals surface area contributed by atoms with Crippen molar-refractivity contribution in [3.63, 3.8) is 0 Å². The molecule has 0 saturated heterocycles. The van der Waals surface area contributed by atoms with Crippen LogP contribution in [-0.2, 0) is 6.18 Å². The van der Waals surface area contributed by atoms with Gasteiger partial charge in [0.2, 0.25) is 0 Å². The maximum atomic E-state index is 12.5. The largest absolute Gasteiger partial charge is 0.416 e. The zero-order valence-electron chi connectivity index (χ0n) is 8.80. The van der Waals surface area contributed by atoms with E-state index in [1.165, 1.54) is 0 Å². The molecule has 4 N–H and O–H groups in total. The molecule has 0 aliphatic carbocycles. The monoisotopic (exact) mass is 332 g/mol. The second kappa shape index (κ2) is 6.58. The van der Waals surface area contributed by atoms with Crippen LogP contribution in [0.4, 0.5) is 13.2 Å². The van der Waals surface area contributed by atoms with Gasteiger partial charge in [-0.1, -0.05) is 15.9 Å². The maximum absolute atomic E-state index is 12.5. The summed E-state index contributed by atoms with van der Waals surface area (Å²) in [6.45, 7) is 0.342. The molecule has 1 aromatic rings. The Labute approximate surface area is 112 Å². The number of rotatable bonds is 3. The van der Waals surface area contributed by atoms with Gasteiger partial charge in [0.05, 0.1) is 5.56 Å². The molecule has 17 heavy (non-hydrogen) atoms. The van der Waals surface area contributed by atoms with Gasteiger partial charge in [0.15, 0.2) is 0 Å². The van der Waals surface area contributed by atoms with Crippen LogP contribution in [0, 0.1) is 0 Å². The molecule has 0 bridgehead atoms. The molecule has 0 aromatic heterocycles. The molecule has 7 heteroatoms. The zero-order valence-corrected chi connectivity index (χ0v) is 11.2. The van der Waals surface area contributed by atoms with Crippen LogP contribution >= 0.6 is 28.3 Å². The highest BCUT2D eigenvalue weighted by atomic mass is 79.9. The molecule has 0 amide bonds. The van der Waals surface area contributed by atoms with E-state index in [0.717, 1.165) is 12.1 Å². The van der Waals surface area contributed by atoms with Crippen molar-refractivity contribution >= 4 is 28.3 Å². The highest BCUT2D eigenvalue weighted by Crippen LogP contribution is 2.33. The first-order valence-electron chi connectivity index (χ1n) is 4.68. The Morgan fingerprint density at radius 1 is 1.24 bits per heavy atom. The summed E-state index contributed by atoms with van der Waals surface area (Å²) < 4.78 is 37.9. The Bertz CT molecular complexity index is 371. The topological polar surface area (TPSA) is 52.0 Å². The predicted molar refractivity (Wildman–Crippen MR) is 67.0 cm³/mol. The fourth-order valence-corrected chi connectivity index (χ4v) is 1.85. The van der Waals surface area contributed by atoms with E-state index in [-0.39, 0.29) is 12.4 Å². The SMILES string of the molecule is Cl.NCC[C@@H](N)c1cc(Br)cc(C(F)(F)F)c1. The third kappa shape index (κ3) is 4.83. The van der Waals surface area contributed by atoms with E-state index in [4.69, 9.17) is 11.5 Å². The van der Waals surface area contributed by atoms with Gasteiger partial charge in [-0.05, 0) is 36.7 Å². The van der Waals surface area contributed by atoms with Crippen LogP contribution in [0.25, 0.3) is 0 Å². The summed E-state index contributed by atoms with van der Waals surface area (Å²) in [4.78, 5) is 0. The van der Waals surface area contributed by atoms with Crippen LogP contribution in [0.3, 0.4) is 0 Å². The second-order valence-electron chi connectivity index (χ2n) is 3.45. The number of hydrogen-bond acceptors (Lipinski definition) is 2. The van der Waals surface area contributed by atoms with Crippen molar-refractivity contribution < 1.29 is 13.2 Å². The zero-order chi connectivity index (χ0) is 12.3. The van der Waals surface area contributed by atoms with Gasteiger partial charge in [-0.2, -0.15) is 13.2 Å². The first-order chi connectivity index (χ1) is 7.34. The van der Waals surface area contributed by atoms with Crippen molar-refractivity contribution in [3.05, 3.63) is 33.8 Å². The molecule has 0 radical (unpaired) electrons. The lowest BCUT2D eigenvalue weighted by Crippen LogP contribution is -2.16. The summed E-state index contributed by atoms with van der Waals surface area (Å²) in [6.07, 6.45) is -3.91. The van der Waals surface area contributed by atoms with Crippen molar-refractivity contribution in [2.45, 2.75) is 18.6 Å². The first-order valence-corrected chi connectivity index (χ1v) is 5.47. The minimum atomic E-state index is -4.36. The van der Waals surface area contributed by atoms with Gasteiger partial charge in [0, 0.05) is 10.5 Å². The summed E-state index contributed by atoms with van der Waals surface area (Å²) >= 11 is 3.04. The fourth-order valence-electron chi connectivity index (χ4n) is 1.34. The summed E-state index contributed by atoms with van der Waals surface area (Å²) in [5, 5.41) is 0. The molecule has 0 saturated carbocycles. The van der Waals surface area contributed by atoms with Gasteiger partial charge in [-0.15, -0.1) is 12.4 Å². The Balaban J connectivity index is 0.00000256. The quantitative estimate of drug-likeness (QED) is 0.892. The lowest BCUT2D eigenvalue weighted by Gasteiger charge is -2.14. The Kier molecular flexibility index (Phi) is 6.47. The highest BCUT2D eigenvalue weighted by Gasteiger charge is 2.31. The van der Waals surface area contributed by atoms with Crippen molar-refractivity contribution in [1.29, 1.82) is 0 Å². The number of halogens is 5. The molecular formula is C10H13BrClF3N2. The summed E-state index contributed by atoms with van der Waals surface area (Å²) in [6, 6.07) is 3.20. The average Bonchev–Trinajstić information content (AvgIpc) is 2.16. The van der Waals surface area contributed by atoms with Crippen molar-refractivity contribution in [3.8, 4) is 0 Å². The number of nitrogens with two attached hydrogens (primary N) is 2. The molecule has 0 spiro atoms. The van der Waals surface area contributed by atoms with E-state index in [1.807, 2.05) is 0 Å². The van der Waals surface area contributed by atoms with Gasteiger partial charge >= 0.3 is 6.18 Å². The van der Waals surface area contributed by atoms with E-state index in [1.54, 1.807) is 6.07 Å². The van der Waals surface area contributed by atoms with Crippen molar-refractivity contribution in [1.82, 2.24) is 0 Å². The van der Waals surface area contributed by atoms with Gasteiger partial charge in [0.25, 0.3) is 0 Å². The third-order valence-electron chi connectivity index (χ3n) is 2.15. The van der Waals surface area contributed by atoms with Gasteiger partial charge in [-0.25, -0.2) is 0 Å². The normalized spacial score (nSPS) is 13.1. The number of alkyl halides is 3. The van der Waals surface area contributed by atoms with Crippen LogP contribution < -0.4 is 11.5 Å². The van der Waals surface area contributed by atoms with Gasteiger partial charge in [-0.3, -0.25) is 0 Å². The third-order valence-corrected chi connectivity index (χ3v) is 2.61. The summed E-state index contributed by atoms with van der Waals surface area (Å²) in [5.41, 5.74) is 10.8. The van der Waals surface area contributed by atoms with Gasteiger partial charge in [0.1, 0.15) is 0 Å². The summed E-state index contributed by atoms with van der Waals surface area (Å²) in [7, 11) is 0. The number of hydrogen-bond donors (Lipinski definition) is 2. The lowest BCUT2D eigenvalue weighted by atomic mass is 10.0. The molecule has 1 atom stereocenters. The predicted octanol–water partition coefficient (Wildman–Crippen LogP) is 3.24. The Hall–Kier alpha value is -0.300. The first kappa shape index (κ1) is 16.7. The molecule has 0 aliphatic rings. The minimum Gasteiger partial charge on any atom is -0.330 e. The standard InChI is InChI=1S/C10H12BrF3N2.ClH/c11-8-4-6(9(16)1-2-15)3-7(5-8)10(12,13)14;/h3-5,9H,1-2,15-16H2;1H/t9-;/m1./s1. The smallest absolute Gasteiger partial charge is 0.330 e. The van der Waals surface area contributed by atoms with E-state index < -0.39 is 17.8 Å². The summed E-state index contributed by atoms with van der Waals surface area (Å²) in [5.74, 6) is 0. The average molecular weight is 334 g/mol. The fraction of sp³-hybridized carbons (Fsp3) is 0.400. The minimum absolute atomic E-state index is 0. The lowest BCUT2D eigenvalue weighted by molar-refractivity contribution is -0.137. The molecule has 0 unspecified atom stereocenters.